The third-order valence-electron chi connectivity index (χ3n) is 5.62. The second-order valence-electron chi connectivity index (χ2n) is 7.64. The minimum atomic E-state index is -0.395. The lowest BCUT2D eigenvalue weighted by atomic mass is 9.76. The summed E-state index contributed by atoms with van der Waals surface area (Å²) < 4.78 is 10.9. The number of amides is 1. The van der Waals surface area contributed by atoms with E-state index in [-0.39, 0.29) is 5.91 Å². The number of hydrogen-bond acceptors (Lipinski definition) is 7. The Kier molecular flexibility index (Phi) is 6.13. The van der Waals surface area contributed by atoms with E-state index in [1.165, 1.54) is 0 Å². The average Bonchev–Trinajstić information content (AvgIpc) is 3.30. The van der Waals surface area contributed by atoms with Crippen LogP contribution in [0.4, 0.5) is 0 Å². The molecule has 0 N–H and O–H groups in total. The van der Waals surface area contributed by atoms with E-state index in [0.29, 0.717) is 31.3 Å². The Bertz CT molecular complexity index is 963. The molecule has 1 fully saturated rings. The zero-order chi connectivity index (χ0) is 20.8. The molecule has 0 saturated carbocycles. The molecule has 8 heteroatoms. The molecule has 4 rings (SSSR count). The van der Waals surface area contributed by atoms with Crippen LogP contribution < -0.4 is 0 Å². The predicted molar refractivity (Wildman–Crippen MR) is 109 cm³/mol. The van der Waals surface area contributed by atoms with E-state index in [2.05, 4.69) is 15.1 Å². The van der Waals surface area contributed by atoms with Gasteiger partial charge in [-0.3, -0.25) is 14.8 Å². The summed E-state index contributed by atoms with van der Waals surface area (Å²) in [6, 6.07) is 7.45. The van der Waals surface area contributed by atoms with Gasteiger partial charge in [-0.05, 0) is 43.0 Å². The fourth-order valence-electron chi connectivity index (χ4n) is 3.98. The first-order valence-corrected chi connectivity index (χ1v) is 10.1. The van der Waals surface area contributed by atoms with Gasteiger partial charge in [0.25, 0.3) is 5.89 Å². The Labute approximate surface area is 175 Å². The number of pyridine rings is 2. The van der Waals surface area contributed by atoms with Gasteiger partial charge in [0, 0.05) is 57.2 Å². The van der Waals surface area contributed by atoms with Crippen molar-refractivity contribution in [2.24, 2.45) is 0 Å². The van der Waals surface area contributed by atoms with E-state index < -0.39 is 5.41 Å². The molecule has 1 amide bonds. The van der Waals surface area contributed by atoms with Crippen LogP contribution in [-0.2, 0) is 21.4 Å². The standard InChI is InChI=1S/C22H25N5O3/c1-29-13-8-22(21-25-20(30-26-21)18-5-10-23-11-6-18)7-3-12-27(16-22)19(28)14-17-4-2-9-24-15-17/h2,4-6,9-11,15H,3,7-8,12-14,16H2,1H3. The maximum atomic E-state index is 13.0. The highest BCUT2D eigenvalue weighted by Crippen LogP contribution is 2.37. The molecule has 4 heterocycles. The van der Waals surface area contributed by atoms with Crippen LogP contribution in [0.15, 0.2) is 53.6 Å². The van der Waals surface area contributed by atoms with Crippen molar-refractivity contribution in [3.05, 3.63) is 60.4 Å². The fourth-order valence-corrected chi connectivity index (χ4v) is 3.98. The molecule has 1 aliphatic rings. The largest absolute Gasteiger partial charge is 0.385 e. The third-order valence-corrected chi connectivity index (χ3v) is 5.62. The molecule has 30 heavy (non-hydrogen) atoms. The van der Waals surface area contributed by atoms with Crippen LogP contribution in [0.5, 0.6) is 0 Å². The van der Waals surface area contributed by atoms with Gasteiger partial charge in [0.15, 0.2) is 5.82 Å². The van der Waals surface area contributed by atoms with Gasteiger partial charge in [-0.25, -0.2) is 0 Å². The molecule has 0 spiro atoms. The van der Waals surface area contributed by atoms with Crippen molar-refractivity contribution in [1.82, 2.24) is 25.0 Å². The molecule has 8 nitrogen and oxygen atoms in total. The Morgan fingerprint density at radius 2 is 2.10 bits per heavy atom. The molecule has 0 aromatic carbocycles. The number of rotatable bonds is 7. The number of aromatic nitrogens is 4. The first-order valence-electron chi connectivity index (χ1n) is 10.1. The summed E-state index contributed by atoms with van der Waals surface area (Å²) in [5.41, 5.74) is 1.34. The monoisotopic (exact) mass is 407 g/mol. The Balaban J connectivity index is 1.57. The first kappa shape index (κ1) is 20.2. The van der Waals surface area contributed by atoms with E-state index in [9.17, 15) is 4.79 Å². The number of carbonyl (C=O) groups is 1. The number of piperidine rings is 1. The molecule has 1 aliphatic heterocycles. The highest BCUT2D eigenvalue weighted by atomic mass is 16.5. The van der Waals surface area contributed by atoms with Gasteiger partial charge in [0.2, 0.25) is 5.91 Å². The minimum Gasteiger partial charge on any atom is -0.385 e. The van der Waals surface area contributed by atoms with Gasteiger partial charge in [0.05, 0.1) is 11.8 Å². The topological polar surface area (TPSA) is 94.2 Å². The van der Waals surface area contributed by atoms with Crippen molar-refractivity contribution >= 4 is 5.91 Å². The molecule has 1 atom stereocenters. The van der Waals surface area contributed by atoms with Gasteiger partial charge < -0.3 is 14.2 Å². The van der Waals surface area contributed by atoms with E-state index in [1.54, 1.807) is 31.9 Å². The van der Waals surface area contributed by atoms with Gasteiger partial charge in [0.1, 0.15) is 0 Å². The number of carbonyl (C=O) groups excluding carboxylic acids is 1. The zero-order valence-corrected chi connectivity index (χ0v) is 17.0. The van der Waals surface area contributed by atoms with Crippen LogP contribution in [0, 0.1) is 0 Å². The number of hydrogen-bond donors (Lipinski definition) is 0. The smallest absolute Gasteiger partial charge is 0.258 e. The maximum Gasteiger partial charge on any atom is 0.258 e. The lowest BCUT2D eigenvalue weighted by molar-refractivity contribution is -0.133. The first-order chi connectivity index (χ1) is 14.7. The van der Waals surface area contributed by atoms with Crippen LogP contribution in [0.25, 0.3) is 11.5 Å². The zero-order valence-electron chi connectivity index (χ0n) is 17.0. The summed E-state index contributed by atoms with van der Waals surface area (Å²) in [7, 11) is 1.68. The highest BCUT2D eigenvalue weighted by molar-refractivity contribution is 5.79. The van der Waals surface area contributed by atoms with Gasteiger partial charge in [-0.1, -0.05) is 11.2 Å². The Morgan fingerprint density at radius 1 is 1.23 bits per heavy atom. The van der Waals surface area contributed by atoms with E-state index in [1.807, 2.05) is 29.2 Å². The minimum absolute atomic E-state index is 0.0855. The SMILES string of the molecule is COCCC1(c2noc(-c3ccncc3)n2)CCCN(C(=O)Cc2cccnc2)C1. The summed E-state index contributed by atoms with van der Waals surface area (Å²) in [5, 5.41) is 4.31. The Hall–Kier alpha value is -3.13. The summed E-state index contributed by atoms with van der Waals surface area (Å²) in [5.74, 6) is 1.18. The summed E-state index contributed by atoms with van der Waals surface area (Å²) >= 11 is 0. The quantitative estimate of drug-likeness (QED) is 0.594. The fraction of sp³-hybridized carbons (Fsp3) is 0.409. The number of nitrogens with zero attached hydrogens (tertiary/aromatic N) is 5. The molecular formula is C22H25N5O3. The van der Waals surface area contributed by atoms with Crippen LogP contribution in [0.1, 0.15) is 30.7 Å². The molecule has 0 aliphatic carbocycles. The number of likely N-dealkylation sites (tertiary alicyclic amines) is 1. The lowest BCUT2D eigenvalue weighted by Gasteiger charge is -2.41. The molecule has 156 valence electrons. The summed E-state index contributed by atoms with van der Waals surface area (Å²) in [6.45, 7) is 1.83. The van der Waals surface area contributed by atoms with Gasteiger partial charge in [-0.2, -0.15) is 4.98 Å². The van der Waals surface area contributed by atoms with Crippen molar-refractivity contribution in [2.75, 3.05) is 26.8 Å². The predicted octanol–water partition coefficient (Wildman–Crippen LogP) is 2.67. The van der Waals surface area contributed by atoms with Crippen molar-refractivity contribution in [3.8, 4) is 11.5 Å². The van der Waals surface area contributed by atoms with Crippen molar-refractivity contribution in [1.29, 1.82) is 0 Å². The summed E-state index contributed by atoms with van der Waals surface area (Å²) in [4.78, 5) is 27.7. The van der Waals surface area contributed by atoms with E-state index >= 15 is 0 Å². The van der Waals surface area contributed by atoms with Gasteiger partial charge >= 0.3 is 0 Å². The second kappa shape index (κ2) is 9.13. The van der Waals surface area contributed by atoms with E-state index in [0.717, 1.165) is 36.9 Å². The Morgan fingerprint density at radius 3 is 2.87 bits per heavy atom. The molecule has 3 aromatic rings. The maximum absolute atomic E-state index is 13.0. The molecule has 1 saturated heterocycles. The third kappa shape index (κ3) is 4.38. The van der Waals surface area contributed by atoms with Crippen molar-refractivity contribution < 1.29 is 14.1 Å². The van der Waals surface area contributed by atoms with Crippen LogP contribution in [-0.4, -0.2) is 57.7 Å². The number of methoxy groups -OCH3 is 1. The van der Waals surface area contributed by atoms with Crippen LogP contribution in [0.2, 0.25) is 0 Å². The molecule has 0 bridgehead atoms. The summed E-state index contributed by atoms with van der Waals surface area (Å²) in [6.07, 6.45) is 9.64. The highest BCUT2D eigenvalue weighted by Gasteiger charge is 2.42. The van der Waals surface area contributed by atoms with Crippen LogP contribution in [0.3, 0.4) is 0 Å². The van der Waals surface area contributed by atoms with Crippen LogP contribution >= 0.6 is 0 Å². The van der Waals surface area contributed by atoms with Crippen molar-refractivity contribution in [3.63, 3.8) is 0 Å². The normalized spacial score (nSPS) is 19.0. The molecule has 1 unspecified atom stereocenters. The molecule has 0 radical (unpaired) electrons. The van der Waals surface area contributed by atoms with Crippen molar-refractivity contribution in [2.45, 2.75) is 31.1 Å². The number of ether oxygens (including phenoxy) is 1. The molecule has 3 aromatic heterocycles. The van der Waals surface area contributed by atoms with Gasteiger partial charge in [-0.15, -0.1) is 0 Å². The second-order valence-corrected chi connectivity index (χ2v) is 7.64. The average molecular weight is 407 g/mol. The van der Waals surface area contributed by atoms with E-state index in [4.69, 9.17) is 14.2 Å². The molecular weight excluding hydrogens is 382 g/mol. The lowest BCUT2D eigenvalue weighted by Crippen LogP contribution is -2.50.